The van der Waals surface area contributed by atoms with Crippen LogP contribution in [0.3, 0.4) is 0 Å². The molecule has 3 aromatic rings. The number of amides is 2. The number of hydrogen-bond donors (Lipinski definition) is 0. The van der Waals surface area contributed by atoms with Crippen molar-refractivity contribution in [3.8, 4) is 23.0 Å². The van der Waals surface area contributed by atoms with E-state index in [1.165, 1.54) is 16.9 Å². The van der Waals surface area contributed by atoms with Gasteiger partial charge in [0.15, 0.2) is 0 Å². The summed E-state index contributed by atoms with van der Waals surface area (Å²) < 4.78 is 21.3. The fraction of sp³-hybridized carbons (Fsp3) is 0.231. The second-order valence-corrected chi connectivity index (χ2v) is 7.60. The zero-order valence-corrected chi connectivity index (χ0v) is 19.5. The highest BCUT2D eigenvalue weighted by atomic mass is 16.5. The van der Waals surface area contributed by atoms with E-state index in [0.29, 0.717) is 39.9 Å². The number of ether oxygens (including phenoxy) is 4. The van der Waals surface area contributed by atoms with Crippen molar-refractivity contribution in [2.24, 2.45) is 0 Å². The fourth-order valence-corrected chi connectivity index (χ4v) is 4.02. The predicted molar refractivity (Wildman–Crippen MR) is 128 cm³/mol. The van der Waals surface area contributed by atoms with Crippen LogP contribution in [-0.4, -0.2) is 46.8 Å². The van der Waals surface area contributed by atoms with E-state index in [0.717, 1.165) is 0 Å². The van der Waals surface area contributed by atoms with E-state index in [1.54, 1.807) is 88.1 Å². The summed E-state index contributed by atoms with van der Waals surface area (Å²) in [6, 6.07) is 18.4. The van der Waals surface area contributed by atoms with Gasteiger partial charge in [0.2, 0.25) is 5.91 Å². The molecule has 1 aliphatic heterocycles. The molecular weight excluding hydrogens is 436 g/mol. The summed E-state index contributed by atoms with van der Waals surface area (Å²) in [6.45, 7) is -0.139. The van der Waals surface area contributed by atoms with Crippen molar-refractivity contribution in [2.75, 3.05) is 44.8 Å². The Morgan fingerprint density at radius 3 is 1.82 bits per heavy atom. The molecule has 0 unspecified atom stereocenters. The number of hydrogen-bond acceptors (Lipinski definition) is 6. The van der Waals surface area contributed by atoms with Gasteiger partial charge in [-0.3, -0.25) is 19.4 Å². The van der Waals surface area contributed by atoms with E-state index >= 15 is 0 Å². The van der Waals surface area contributed by atoms with E-state index in [2.05, 4.69) is 0 Å². The first-order valence-electron chi connectivity index (χ1n) is 10.6. The molecule has 0 saturated carbocycles. The molecule has 1 aliphatic rings. The molecule has 2 amide bonds. The molecule has 0 N–H and O–H groups in total. The molecule has 0 aromatic heterocycles. The average Bonchev–Trinajstić information content (AvgIpc) is 2.89. The molecule has 1 saturated heterocycles. The minimum Gasteiger partial charge on any atom is -0.497 e. The summed E-state index contributed by atoms with van der Waals surface area (Å²) >= 11 is 0. The molecule has 0 spiro atoms. The van der Waals surface area contributed by atoms with Crippen LogP contribution < -0.4 is 28.7 Å². The van der Waals surface area contributed by atoms with E-state index in [4.69, 9.17) is 18.9 Å². The van der Waals surface area contributed by atoms with E-state index in [9.17, 15) is 9.59 Å². The van der Waals surface area contributed by atoms with Crippen molar-refractivity contribution in [1.82, 2.24) is 0 Å². The normalized spacial score (nSPS) is 15.8. The molecule has 1 fully saturated rings. The summed E-state index contributed by atoms with van der Waals surface area (Å²) in [4.78, 5) is 30.4. The first kappa shape index (κ1) is 23.0. The van der Waals surface area contributed by atoms with Crippen molar-refractivity contribution in [1.29, 1.82) is 0 Å². The number of nitrogens with zero attached hydrogens (tertiary/aromatic N) is 2. The van der Waals surface area contributed by atoms with Crippen LogP contribution in [0.2, 0.25) is 0 Å². The molecule has 176 valence electrons. The van der Waals surface area contributed by atoms with Gasteiger partial charge in [-0.05, 0) is 54.1 Å². The summed E-state index contributed by atoms with van der Waals surface area (Å²) in [5, 5.41) is 0. The molecule has 4 rings (SSSR count). The lowest BCUT2D eigenvalue weighted by molar-refractivity contribution is -0.128. The van der Waals surface area contributed by atoms with Crippen LogP contribution in [0, 0.1) is 0 Å². The number of carbonyl (C=O) groups is 2. The molecular formula is C26H26N2O6. The summed E-state index contributed by atoms with van der Waals surface area (Å²) in [7, 11) is 6.21. The highest BCUT2D eigenvalue weighted by Gasteiger charge is 2.42. The molecule has 0 aliphatic carbocycles. The monoisotopic (exact) mass is 462 g/mol. The van der Waals surface area contributed by atoms with Crippen LogP contribution in [0.25, 0.3) is 0 Å². The van der Waals surface area contributed by atoms with Crippen LogP contribution in [0.1, 0.15) is 11.6 Å². The highest BCUT2D eigenvalue weighted by molar-refractivity contribution is 6.15. The average molecular weight is 463 g/mol. The number of rotatable bonds is 7. The largest absolute Gasteiger partial charge is 0.497 e. The Balaban J connectivity index is 1.80. The van der Waals surface area contributed by atoms with Gasteiger partial charge in [0.1, 0.15) is 35.6 Å². The molecule has 1 atom stereocenters. The molecule has 34 heavy (non-hydrogen) atoms. The predicted octanol–water partition coefficient (Wildman–Crippen LogP) is 3.84. The summed E-state index contributed by atoms with van der Waals surface area (Å²) in [6.07, 6.45) is 0. The Hall–Kier alpha value is -4.20. The number of benzene rings is 3. The van der Waals surface area contributed by atoms with E-state index in [-0.39, 0.29) is 18.4 Å². The molecule has 8 heteroatoms. The van der Waals surface area contributed by atoms with Crippen molar-refractivity contribution < 1.29 is 28.5 Å². The number of anilines is 2. The van der Waals surface area contributed by atoms with Gasteiger partial charge >= 0.3 is 0 Å². The Bertz CT molecular complexity index is 1180. The molecule has 1 heterocycles. The van der Waals surface area contributed by atoms with E-state index < -0.39 is 6.04 Å². The van der Waals surface area contributed by atoms with Crippen molar-refractivity contribution >= 4 is 23.2 Å². The minimum atomic E-state index is -0.882. The van der Waals surface area contributed by atoms with Crippen LogP contribution in [0.4, 0.5) is 11.4 Å². The fourth-order valence-electron chi connectivity index (χ4n) is 4.02. The zero-order chi connectivity index (χ0) is 24.2. The molecule has 3 aromatic carbocycles. The highest BCUT2D eigenvalue weighted by Crippen LogP contribution is 2.39. The Morgan fingerprint density at radius 2 is 1.26 bits per heavy atom. The quantitative estimate of drug-likeness (QED) is 0.531. The maximum Gasteiger partial charge on any atom is 0.255 e. The third kappa shape index (κ3) is 4.22. The number of piperazine rings is 1. The van der Waals surface area contributed by atoms with Crippen LogP contribution in [-0.2, 0) is 9.59 Å². The van der Waals surface area contributed by atoms with Gasteiger partial charge in [-0.2, -0.15) is 0 Å². The van der Waals surface area contributed by atoms with Crippen LogP contribution in [0.15, 0.2) is 66.7 Å². The van der Waals surface area contributed by atoms with Crippen molar-refractivity contribution in [3.05, 3.63) is 72.3 Å². The summed E-state index contributed by atoms with van der Waals surface area (Å²) in [5.74, 6) is 1.84. The summed E-state index contributed by atoms with van der Waals surface area (Å²) in [5.41, 5.74) is 1.75. The van der Waals surface area contributed by atoms with Crippen LogP contribution >= 0.6 is 0 Å². The number of carbonyl (C=O) groups excluding carboxylic acids is 2. The van der Waals surface area contributed by atoms with E-state index in [1.807, 2.05) is 0 Å². The first-order valence-corrected chi connectivity index (χ1v) is 10.6. The lowest BCUT2D eigenvalue weighted by Crippen LogP contribution is -2.56. The Labute approximate surface area is 198 Å². The Morgan fingerprint density at radius 1 is 0.706 bits per heavy atom. The maximum atomic E-state index is 13.9. The van der Waals surface area contributed by atoms with Gasteiger partial charge in [-0.25, -0.2) is 0 Å². The molecule has 0 radical (unpaired) electrons. The van der Waals surface area contributed by atoms with Gasteiger partial charge < -0.3 is 18.9 Å². The zero-order valence-electron chi connectivity index (χ0n) is 19.5. The smallest absolute Gasteiger partial charge is 0.255 e. The lowest BCUT2D eigenvalue weighted by atomic mass is 9.99. The van der Waals surface area contributed by atoms with Gasteiger partial charge in [0.25, 0.3) is 5.91 Å². The lowest BCUT2D eigenvalue weighted by Gasteiger charge is -2.40. The van der Waals surface area contributed by atoms with Gasteiger partial charge in [0.05, 0.1) is 34.1 Å². The number of methoxy groups -OCH3 is 4. The second kappa shape index (κ2) is 9.74. The van der Waals surface area contributed by atoms with Crippen LogP contribution in [0.5, 0.6) is 23.0 Å². The molecule has 0 bridgehead atoms. The topological polar surface area (TPSA) is 77.5 Å². The van der Waals surface area contributed by atoms with Crippen molar-refractivity contribution in [2.45, 2.75) is 6.04 Å². The first-order chi connectivity index (χ1) is 16.5. The third-order valence-corrected chi connectivity index (χ3v) is 5.78. The minimum absolute atomic E-state index is 0.139. The van der Waals surface area contributed by atoms with Crippen molar-refractivity contribution in [3.63, 3.8) is 0 Å². The second-order valence-electron chi connectivity index (χ2n) is 7.60. The van der Waals surface area contributed by atoms with Gasteiger partial charge in [0, 0.05) is 11.8 Å². The maximum absolute atomic E-state index is 13.9. The van der Waals surface area contributed by atoms with Gasteiger partial charge in [-0.15, -0.1) is 0 Å². The third-order valence-electron chi connectivity index (χ3n) is 5.78. The Kier molecular flexibility index (Phi) is 6.58. The SMILES string of the molecule is COc1ccc([C@@H]2C(=O)N(c3ccc(OC)cc3OC)CC(=O)N2c2ccc(OC)cc2)cc1. The van der Waals surface area contributed by atoms with Gasteiger partial charge in [-0.1, -0.05) is 12.1 Å². The molecule has 8 nitrogen and oxygen atoms in total. The standard InChI is InChI=1S/C26H26N2O6/c1-31-19-9-5-17(6-10-19)25-26(30)27(22-14-13-21(33-3)15-23(22)34-4)16-24(29)28(25)18-7-11-20(32-2)12-8-18/h5-15,25H,16H2,1-4H3/t25-/m1/s1.